The second-order valence-corrected chi connectivity index (χ2v) is 14.2. The lowest BCUT2D eigenvalue weighted by Gasteiger charge is -2.32. The summed E-state index contributed by atoms with van der Waals surface area (Å²) in [7, 11) is 0. The van der Waals surface area contributed by atoms with Crippen molar-refractivity contribution in [1.82, 2.24) is 10.6 Å². The number of carbonyl (C=O) groups excluding carboxylic acids is 5. The molecule has 0 saturated heterocycles. The maximum absolute atomic E-state index is 13.6. The van der Waals surface area contributed by atoms with Crippen LogP contribution in [0, 0.1) is 27.7 Å². The number of nitrogens with zero attached hydrogens (tertiary/aromatic N) is 2. The van der Waals surface area contributed by atoms with Crippen LogP contribution in [0.3, 0.4) is 0 Å². The third-order valence-corrected chi connectivity index (χ3v) is 9.68. The summed E-state index contributed by atoms with van der Waals surface area (Å²) in [6.45, 7) is 13.5. The lowest BCUT2D eigenvalue weighted by Crippen LogP contribution is -2.31. The van der Waals surface area contributed by atoms with Crippen molar-refractivity contribution in [2.75, 3.05) is 57.5 Å². The SMILES string of the molecule is C=CC(=O)OCCNC(=O)OCC[N+](=C1C=CC(=C2C(=O)C(c3ccc(N(CCOC(=O)NCCOC(C)=O)c4ccc(C)cc4C)cc3)=C2[O-])C=C1)c1ccc(C)cc1C. The first kappa shape index (κ1) is 44.9. The Morgan fingerprint density at radius 3 is 1.93 bits per heavy atom. The average molecular weight is 831 g/mol. The van der Waals surface area contributed by atoms with Crippen LogP contribution in [0.1, 0.15) is 34.7 Å². The average Bonchev–Trinajstić information content (AvgIpc) is 3.23. The van der Waals surface area contributed by atoms with Crippen molar-refractivity contribution < 1.29 is 52.6 Å². The number of amides is 2. The Morgan fingerprint density at radius 1 is 0.738 bits per heavy atom. The second-order valence-electron chi connectivity index (χ2n) is 14.2. The van der Waals surface area contributed by atoms with Crippen LogP contribution in [0.15, 0.2) is 115 Å². The smallest absolute Gasteiger partial charge is 0.407 e. The number of carbonyl (C=O) groups is 5. The molecule has 0 atom stereocenters. The van der Waals surface area contributed by atoms with E-state index in [9.17, 15) is 29.1 Å². The van der Waals surface area contributed by atoms with E-state index < -0.39 is 24.1 Å². The van der Waals surface area contributed by atoms with Gasteiger partial charge in [0.05, 0.1) is 19.6 Å². The molecule has 3 aromatic rings. The van der Waals surface area contributed by atoms with Crippen LogP contribution < -0.4 is 20.6 Å². The molecule has 318 valence electrons. The Balaban J connectivity index is 1.30. The van der Waals surface area contributed by atoms with Crippen LogP contribution in [0.5, 0.6) is 0 Å². The molecule has 0 saturated carbocycles. The molecule has 0 radical (unpaired) electrons. The van der Waals surface area contributed by atoms with E-state index in [1.165, 1.54) is 6.92 Å². The number of nitrogens with one attached hydrogen (secondary N) is 2. The van der Waals surface area contributed by atoms with Crippen molar-refractivity contribution >= 4 is 58.3 Å². The highest BCUT2D eigenvalue weighted by molar-refractivity contribution is 6.39. The quantitative estimate of drug-likeness (QED) is 0.0564. The number of anilines is 2. The number of allylic oxidation sites excluding steroid dienone is 7. The molecule has 2 amide bonds. The Kier molecular flexibility index (Phi) is 15.6. The molecule has 14 heteroatoms. The summed E-state index contributed by atoms with van der Waals surface area (Å²) in [5, 5.41) is 18.7. The molecule has 14 nitrogen and oxygen atoms in total. The monoisotopic (exact) mass is 830 g/mol. The van der Waals surface area contributed by atoms with E-state index in [-0.39, 0.29) is 62.2 Å². The molecule has 3 aromatic carbocycles. The van der Waals surface area contributed by atoms with Gasteiger partial charge in [0, 0.05) is 59.3 Å². The van der Waals surface area contributed by atoms with Gasteiger partial charge in [-0.3, -0.25) is 9.59 Å². The zero-order valence-electron chi connectivity index (χ0n) is 35.0. The molecule has 2 aliphatic carbocycles. The fraction of sp³-hybridized carbons (Fsp3) is 0.277. The molecule has 0 aromatic heterocycles. The van der Waals surface area contributed by atoms with Gasteiger partial charge in [0.2, 0.25) is 11.4 Å². The number of benzene rings is 3. The minimum absolute atomic E-state index is 0.0204. The number of hydrogen-bond acceptors (Lipinski definition) is 11. The van der Waals surface area contributed by atoms with Gasteiger partial charge in [0.15, 0.2) is 18.9 Å². The van der Waals surface area contributed by atoms with E-state index >= 15 is 0 Å². The van der Waals surface area contributed by atoms with Crippen LogP contribution in [-0.4, -0.2) is 92.8 Å². The van der Waals surface area contributed by atoms with Gasteiger partial charge in [-0.2, -0.15) is 4.58 Å². The summed E-state index contributed by atoms with van der Waals surface area (Å²) in [5.41, 5.74) is 8.69. The molecule has 2 aliphatic rings. The first-order valence-electron chi connectivity index (χ1n) is 19.7. The van der Waals surface area contributed by atoms with Crippen LogP contribution in [0.2, 0.25) is 0 Å². The maximum atomic E-state index is 13.6. The van der Waals surface area contributed by atoms with E-state index in [1.54, 1.807) is 24.3 Å². The number of ether oxygens (including phenoxy) is 4. The van der Waals surface area contributed by atoms with Crippen molar-refractivity contribution in [2.24, 2.45) is 0 Å². The normalized spacial score (nSPS) is 13.0. The lowest BCUT2D eigenvalue weighted by atomic mass is 9.80. The number of hydrogen-bond donors (Lipinski definition) is 2. The minimum Gasteiger partial charge on any atom is -0.871 e. The van der Waals surface area contributed by atoms with Gasteiger partial charge in [0.1, 0.15) is 19.8 Å². The molecular weight excluding hydrogens is 781 g/mol. The lowest BCUT2D eigenvalue weighted by molar-refractivity contribution is -0.442. The summed E-state index contributed by atoms with van der Waals surface area (Å²) in [4.78, 5) is 62.3. The first-order valence-corrected chi connectivity index (χ1v) is 19.7. The first-order chi connectivity index (χ1) is 29.3. The molecular formula is C47H50N4O10. The van der Waals surface area contributed by atoms with Gasteiger partial charge in [-0.05, 0) is 80.8 Å². The fourth-order valence-electron chi connectivity index (χ4n) is 6.80. The van der Waals surface area contributed by atoms with Gasteiger partial charge < -0.3 is 39.6 Å². The van der Waals surface area contributed by atoms with Crippen LogP contribution in [0.4, 0.5) is 26.7 Å². The Labute approximate surface area is 355 Å². The third-order valence-electron chi connectivity index (χ3n) is 9.68. The third kappa shape index (κ3) is 11.9. The Bertz CT molecular complexity index is 2340. The van der Waals surface area contributed by atoms with Gasteiger partial charge in [-0.1, -0.05) is 53.8 Å². The number of alkyl carbamates (subject to hydrolysis) is 2. The van der Waals surface area contributed by atoms with Gasteiger partial charge in [0.25, 0.3) is 0 Å². The highest BCUT2D eigenvalue weighted by Crippen LogP contribution is 2.39. The molecule has 0 aliphatic heterocycles. The van der Waals surface area contributed by atoms with E-state index in [2.05, 4.69) is 29.3 Å². The number of Topliss-reactive ketones (excluding diaryl/α,β-unsaturated/α-hetero) is 1. The zero-order chi connectivity index (χ0) is 44.1. The Morgan fingerprint density at radius 2 is 1.34 bits per heavy atom. The van der Waals surface area contributed by atoms with Crippen LogP contribution in [0.25, 0.3) is 5.57 Å². The maximum Gasteiger partial charge on any atom is 0.407 e. The predicted octanol–water partition coefficient (Wildman–Crippen LogP) is 5.66. The van der Waals surface area contributed by atoms with Crippen molar-refractivity contribution in [2.45, 2.75) is 34.6 Å². The topological polar surface area (TPSA) is 176 Å². The van der Waals surface area contributed by atoms with Crippen LogP contribution >= 0.6 is 0 Å². The summed E-state index contributed by atoms with van der Waals surface area (Å²) in [6, 6.07) is 19.2. The Hall–Kier alpha value is -7.22. The van der Waals surface area contributed by atoms with E-state index in [0.29, 0.717) is 24.2 Å². The van der Waals surface area contributed by atoms with Crippen molar-refractivity contribution in [1.29, 1.82) is 0 Å². The van der Waals surface area contributed by atoms with Crippen molar-refractivity contribution in [3.05, 3.63) is 142 Å². The van der Waals surface area contributed by atoms with Crippen molar-refractivity contribution in [3.8, 4) is 0 Å². The number of esters is 2. The standard InChI is InChI=1S/C47H50N4O10/c1-7-41(53)59-25-21-49-47(57)61-27-23-51(40-19-9-31(3)29-33(40)5)38-16-12-36(13-17-38)43-44(54)42(45(43)55)35-10-14-37(15-11-35)50(39-18-8-30(2)28-32(39)4)22-26-60-46(56)48-20-24-58-34(6)52/h7-19,28-29H,1,20-27H2,2-6H3,(H2-,48,49,54,55,56,57). The molecule has 5 rings (SSSR count). The number of rotatable bonds is 17. The van der Waals surface area contributed by atoms with Gasteiger partial charge in [-0.15, -0.1) is 0 Å². The molecule has 0 spiro atoms. The van der Waals surface area contributed by atoms with Crippen molar-refractivity contribution in [3.63, 3.8) is 0 Å². The number of aryl methyl sites for hydroxylation is 4. The summed E-state index contributed by atoms with van der Waals surface area (Å²) in [6.07, 6.45) is 6.85. The number of ketones is 1. The predicted molar refractivity (Wildman–Crippen MR) is 229 cm³/mol. The second kappa shape index (κ2) is 21.2. The zero-order valence-corrected chi connectivity index (χ0v) is 35.0. The minimum atomic E-state index is -0.661. The molecule has 0 fully saturated rings. The van der Waals surface area contributed by atoms with Gasteiger partial charge in [-0.25, -0.2) is 14.4 Å². The largest absolute Gasteiger partial charge is 0.871 e. The summed E-state index contributed by atoms with van der Waals surface area (Å²) < 4.78 is 22.5. The van der Waals surface area contributed by atoms with Gasteiger partial charge >= 0.3 is 24.1 Å². The highest BCUT2D eigenvalue weighted by atomic mass is 16.6. The molecule has 2 N–H and O–H groups in total. The van der Waals surface area contributed by atoms with Crippen LogP contribution in [-0.2, 0) is 33.3 Å². The molecule has 0 unspecified atom stereocenters. The molecule has 0 heterocycles. The fourth-order valence-corrected chi connectivity index (χ4v) is 6.80. The van der Waals surface area contributed by atoms with E-state index in [0.717, 1.165) is 51.1 Å². The summed E-state index contributed by atoms with van der Waals surface area (Å²) in [5.74, 6) is -1.73. The van der Waals surface area contributed by atoms with E-state index in [1.807, 2.05) is 85.7 Å². The van der Waals surface area contributed by atoms with E-state index in [4.69, 9.17) is 18.9 Å². The summed E-state index contributed by atoms with van der Waals surface area (Å²) >= 11 is 0. The molecule has 61 heavy (non-hydrogen) atoms. The molecule has 0 bridgehead atoms. The highest BCUT2D eigenvalue weighted by Gasteiger charge is 2.31.